The van der Waals surface area contributed by atoms with Crippen LogP contribution in [0, 0.1) is 0 Å². The lowest BCUT2D eigenvalue weighted by atomic mass is 10.2. The third-order valence-corrected chi connectivity index (χ3v) is 3.00. The second-order valence-corrected chi connectivity index (χ2v) is 4.71. The normalized spacial score (nSPS) is 10.3. The fourth-order valence-corrected chi connectivity index (χ4v) is 1.99. The van der Waals surface area contributed by atoms with Gasteiger partial charge < -0.3 is 16.4 Å². The van der Waals surface area contributed by atoms with Crippen molar-refractivity contribution >= 4 is 28.5 Å². The van der Waals surface area contributed by atoms with Crippen molar-refractivity contribution in [2.24, 2.45) is 5.73 Å². The van der Waals surface area contributed by atoms with Crippen molar-refractivity contribution in [3.8, 4) is 0 Å². The van der Waals surface area contributed by atoms with Crippen LogP contribution >= 0.6 is 0 Å². The lowest BCUT2D eigenvalue weighted by Crippen LogP contribution is -2.30. The molecule has 1 aromatic heterocycles. The van der Waals surface area contributed by atoms with E-state index in [1.807, 2.05) is 30.3 Å². The predicted molar refractivity (Wildman–Crippen MR) is 81.8 cm³/mol. The standard InChI is InChI=1S/C15H18N4O2/c16-15(21)17-8-4-3-7-14(20)19-12-9-11-5-1-2-6-13(11)18-10-12/h1-2,5-6,9-10H,3-4,7-8H2,(H,19,20)(H3,16,17,21). The fraction of sp³-hybridized carbons (Fsp3) is 0.267. The predicted octanol–water partition coefficient (Wildman–Crippen LogP) is 2.01. The largest absolute Gasteiger partial charge is 0.352 e. The highest BCUT2D eigenvalue weighted by molar-refractivity contribution is 5.93. The van der Waals surface area contributed by atoms with Gasteiger partial charge in [-0.1, -0.05) is 18.2 Å². The van der Waals surface area contributed by atoms with Gasteiger partial charge in [0, 0.05) is 18.4 Å². The van der Waals surface area contributed by atoms with E-state index in [0.717, 1.165) is 10.9 Å². The van der Waals surface area contributed by atoms with Gasteiger partial charge in [-0.15, -0.1) is 0 Å². The molecule has 0 saturated carbocycles. The number of para-hydroxylation sites is 1. The molecule has 1 heterocycles. The third kappa shape index (κ3) is 4.76. The van der Waals surface area contributed by atoms with Gasteiger partial charge in [-0.25, -0.2) is 4.79 Å². The number of hydrogen-bond acceptors (Lipinski definition) is 3. The minimum absolute atomic E-state index is 0.0637. The number of benzene rings is 1. The molecule has 1 aromatic carbocycles. The number of anilines is 1. The molecule has 2 aromatic rings. The molecule has 6 nitrogen and oxygen atoms in total. The van der Waals surface area contributed by atoms with E-state index in [4.69, 9.17) is 5.73 Å². The molecule has 3 amide bonds. The van der Waals surface area contributed by atoms with Crippen LogP contribution in [0.15, 0.2) is 36.5 Å². The maximum atomic E-state index is 11.8. The Labute approximate surface area is 122 Å². The summed E-state index contributed by atoms with van der Waals surface area (Å²) in [4.78, 5) is 26.6. The number of rotatable bonds is 6. The van der Waals surface area contributed by atoms with Crippen LogP contribution in [-0.2, 0) is 4.79 Å². The van der Waals surface area contributed by atoms with E-state index in [9.17, 15) is 9.59 Å². The van der Waals surface area contributed by atoms with Crippen LogP contribution < -0.4 is 16.4 Å². The Balaban J connectivity index is 1.80. The molecular weight excluding hydrogens is 268 g/mol. The summed E-state index contributed by atoms with van der Waals surface area (Å²) in [5.74, 6) is -0.0637. The molecule has 2 rings (SSSR count). The average Bonchev–Trinajstić information content (AvgIpc) is 2.46. The molecule has 0 aliphatic carbocycles. The van der Waals surface area contributed by atoms with E-state index >= 15 is 0 Å². The number of carbonyl (C=O) groups excluding carboxylic acids is 2. The molecule has 0 bridgehead atoms. The quantitative estimate of drug-likeness (QED) is 0.708. The first kappa shape index (κ1) is 14.8. The topological polar surface area (TPSA) is 97.1 Å². The van der Waals surface area contributed by atoms with Crippen molar-refractivity contribution in [2.75, 3.05) is 11.9 Å². The van der Waals surface area contributed by atoms with Crippen molar-refractivity contribution in [3.05, 3.63) is 36.5 Å². The van der Waals surface area contributed by atoms with Crippen LogP contribution in [0.2, 0.25) is 0 Å². The molecule has 0 fully saturated rings. The van der Waals surface area contributed by atoms with Crippen LogP contribution in [0.4, 0.5) is 10.5 Å². The summed E-state index contributed by atoms with van der Waals surface area (Å²) < 4.78 is 0. The van der Waals surface area contributed by atoms with E-state index in [2.05, 4.69) is 15.6 Å². The Morgan fingerprint density at radius 1 is 1.19 bits per heavy atom. The summed E-state index contributed by atoms with van der Waals surface area (Å²) in [6.45, 7) is 0.486. The number of aromatic nitrogens is 1. The molecule has 0 spiro atoms. The van der Waals surface area contributed by atoms with Gasteiger partial charge in [0.1, 0.15) is 0 Å². The van der Waals surface area contributed by atoms with E-state index in [1.165, 1.54) is 0 Å². The van der Waals surface area contributed by atoms with Crippen LogP contribution in [0.5, 0.6) is 0 Å². The molecule has 0 saturated heterocycles. The van der Waals surface area contributed by atoms with Gasteiger partial charge in [-0.05, 0) is 25.0 Å². The Hall–Kier alpha value is -2.63. The fourth-order valence-electron chi connectivity index (χ4n) is 1.99. The van der Waals surface area contributed by atoms with Crippen LogP contribution in [0.25, 0.3) is 10.9 Å². The molecule has 0 atom stereocenters. The first-order valence-electron chi connectivity index (χ1n) is 6.83. The van der Waals surface area contributed by atoms with Gasteiger partial charge in [0.15, 0.2) is 0 Å². The molecule has 6 heteroatoms. The molecule has 0 radical (unpaired) electrons. The van der Waals surface area contributed by atoms with E-state index in [0.29, 0.717) is 31.5 Å². The minimum Gasteiger partial charge on any atom is -0.352 e. The Morgan fingerprint density at radius 2 is 2.00 bits per heavy atom. The second-order valence-electron chi connectivity index (χ2n) is 4.71. The van der Waals surface area contributed by atoms with Crippen LogP contribution in [0.1, 0.15) is 19.3 Å². The number of amides is 3. The van der Waals surface area contributed by atoms with Gasteiger partial charge >= 0.3 is 6.03 Å². The zero-order valence-electron chi connectivity index (χ0n) is 11.6. The number of unbranched alkanes of at least 4 members (excludes halogenated alkanes) is 1. The van der Waals surface area contributed by atoms with Crippen molar-refractivity contribution in [1.82, 2.24) is 10.3 Å². The lowest BCUT2D eigenvalue weighted by molar-refractivity contribution is -0.116. The van der Waals surface area contributed by atoms with Crippen LogP contribution in [-0.4, -0.2) is 23.5 Å². The lowest BCUT2D eigenvalue weighted by Gasteiger charge is -2.06. The number of nitrogens with one attached hydrogen (secondary N) is 2. The number of nitrogens with zero attached hydrogens (tertiary/aromatic N) is 1. The molecule has 4 N–H and O–H groups in total. The smallest absolute Gasteiger partial charge is 0.312 e. The minimum atomic E-state index is -0.540. The molecule has 0 aliphatic rings. The van der Waals surface area contributed by atoms with Crippen molar-refractivity contribution in [2.45, 2.75) is 19.3 Å². The number of primary amides is 1. The number of pyridine rings is 1. The van der Waals surface area contributed by atoms with Gasteiger partial charge in [0.05, 0.1) is 17.4 Å². The molecule has 21 heavy (non-hydrogen) atoms. The summed E-state index contributed by atoms with van der Waals surface area (Å²) in [5, 5.41) is 6.29. The summed E-state index contributed by atoms with van der Waals surface area (Å²) in [6, 6.07) is 9.09. The summed E-state index contributed by atoms with van der Waals surface area (Å²) >= 11 is 0. The molecule has 0 aliphatic heterocycles. The Morgan fingerprint density at radius 3 is 2.81 bits per heavy atom. The van der Waals surface area contributed by atoms with Crippen molar-refractivity contribution < 1.29 is 9.59 Å². The maximum absolute atomic E-state index is 11.8. The highest BCUT2D eigenvalue weighted by Gasteiger charge is 2.04. The molecule has 110 valence electrons. The van der Waals surface area contributed by atoms with Crippen molar-refractivity contribution in [1.29, 1.82) is 0 Å². The number of urea groups is 1. The zero-order valence-corrected chi connectivity index (χ0v) is 11.6. The first-order chi connectivity index (χ1) is 10.1. The van der Waals surface area contributed by atoms with E-state index in [-0.39, 0.29) is 5.91 Å². The van der Waals surface area contributed by atoms with Gasteiger partial charge in [0.2, 0.25) is 5.91 Å². The number of carbonyl (C=O) groups is 2. The summed E-state index contributed by atoms with van der Waals surface area (Å²) in [7, 11) is 0. The zero-order chi connectivity index (χ0) is 15.1. The van der Waals surface area contributed by atoms with Gasteiger partial charge in [-0.3, -0.25) is 9.78 Å². The van der Waals surface area contributed by atoms with Gasteiger partial charge in [0.25, 0.3) is 0 Å². The maximum Gasteiger partial charge on any atom is 0.312 e. The number of nitrogens with two attached hydrogens (primary N) is 1. The summed E-state index contributed by atoms with van der Waals surface area (Å²) in [5.41, 5.74) is 6.53. The van der Waals surface area contributed by atoms with Crippen LogP contribution in [0.3, 0.4) is 0 Å². The highest BCUT2D eigenvalue weighted by atomic mass is 16.2. The average molecular weight is 286 g/mol. The number of hydrogen-bond donors (Lipinski definition) is 3. The van der Waals surface area contributed by atoms with Crippen molar-refractivity contribution in [3.63, 3.8) is 0 Å². The SMILES string of the molecule is NC(=O)NCCCCC(=O)Nc1cnc2ccccc2c1. The summed E-state index contributed by atoms with van der Waals surface area (Å²) in [6.07, 6.45) is 3.45. The molecule has 0 unspecified atom stereocenters. The molecular formula is C15H18N4O2. The van der Waals surface area contributed by atoms with E-state index < -0.39 is 6.03 Å². The first-order valence-corrected chi connectivity index (χ1v) is 6.83. The third-order valence-electron chi connectivity index (χ3n) is 3.00. The van der Waals surface area contributed by atoms with Gasteiger partial charge in [-0.2, -0.15) is 0 Å². The number of fused-ring (bicyclic) bond motifs is 1. The second kappa shape index (κ2) is 7.23. The Kier molecular flexibility index (Phi) is 5.09. The highest BCUT2D eigenvalue weighted by Crippen LogP contribution is 2.16. The monoisotopic (exact) mass is 286 g/mol. The Bertz CT molecular complexity index is 642. The van der Waals surface area contributed by atoms with E-state index in [1.54, 1.807) is 6.20 Å².